The molecular weight excluding hydrogens is 320 g/mol. The van der Waals surface area contributed by atoms with Crippen molar-refractivity contribution in [2.24, 2.45) is 0 Å². The molecule has 0 spiro atoms. The lowest BCUT2D eigenvalue weighted by Crippen LogP contribution is -2.50. The van der Waals surface area contributed by atoms with Gasteiger partial charge in [-0.05, 0) is 18.6 Å². The summed E-state index contributed by atoms with van der Waals surface area (Å²) in [5, 5.41) is 9.75. The Bertz CT molecular complexity index is 552. The normalized spacial score (nSPS) is 20.6. The van der Waals surface area contributed by atoms with Crippen LogP contribution in [0.25, 0.3) is 0 Å². The largest absolute Gasteiger partial charge is 0.392 e. The van der Waals surface area contributed by atoms with Crippen LogP contribution in [0.4, 0.5) is 5.82 Å². The molecule has 3 heterocycles. The number of pyridine rings is 1. The first-order valence-corrected chi connectivity index (χ1v) is 9.16. The zero-order chi connectivity index (χ0) is 17.6. The number of aliphatic hydroxyl groups excluding tert-OH is 1. The number of ether oxygens (including phenoxy) is 1. The molecule has 1 atom stereocenters. The highest BCUT2D eigenvalue weighted by Gasteiger charge is 2.23. The van der Waals surface area contributed by atoms with E-state index >= 15 is 0 Å². The average molecular weight is 348 g/mol. The number of piperazine rings is 1. The van der Waals surface area contributed by atoms with E-state index in [4.69, 9.17) is 4.74 Å². The summed E-state index contributed by atoms with van der Waals surface area (Å²) in [5.41, 5.74) is 0.638. The van der Waals surface area contributed by atoms with Gasteiger partial charge in [-0.2, -0.15) is 0 Å². The van der Waals surface area contributed by atoms with Crippen LogP contribution >= 0.6 is 0 Å². The Morgan fingerprint density at radius 1 is 1.20 bits per heavy atom. The van der Waals surface area contributed by atoms with Crippen LogP contribution in [0.3, 0.4) is 0 Å². The van der Waals surface area contributed by atoms with E-state index < -0.39 is 0 Å². The van der Waals surface area contributed by atoms with Gasteiger partial charge in [0.05, 0.1) is 24.9 Å². The van der Waals surface area contributed by atoms with Crippen LogP contribution in [-0.4, -0.2) is 90.9 Å². The first-order valence-electron chi connectivity index (χ1n) is 9.16. The van der Waals surface area contributed by atoms with Crippen molar-refractivity contribution in [3.8, 4) is 0 Å². The van der Waals surface area contributed by atoms with E-state index in [9.17, 15) is 9.90 Å². The van der Waals surface area contributed by atoms with Gasteiger partial charge in [-0.25, -0.2) is 4.98 Å². The van der Waals surface area contributed by atoms with Crippen molar-refractivity contribution in [2.45, 2.75) is 19.4 Å². The van der Waals surface area contributed by atoms with Crippen molar-refractivity contribution in [1.82, 2.24) is 14.8 Å². The highest BCUT2D eigenvalue weighted by atomic mass is 16.5. The third-order valence-electron chi connectivity index (χ3n) is 4.93. The monoisotopic (exact) mass is 348 g/mol. The molecule has 1 aromatic heterocycles. The lowest BCUT2D eigenvalue weighted by molar-refractivity contribution is 0.0523. The van der Waals surface area contributed by atoms with Crippen LogP contribution in [0.1, 0.15) is 23.7 Å². The smallest absolute Gasteiger partial charge is 0.255 e. The zero-order valence-electron chi connectivity index (χ0n) is 14.9. The van der Waals surface area contributed by atoms with Crippen molar-refractivity contribution < 1.29 is 14.6 Å². The van der Waals surface area contributed by atoms with E-state index in [1.54, 1.807) is 6.20 Å². The lowest BCUT2D eigenvalue weighted by atomic mass is 10.2. The molecule has 7 nitrogen and oxygen atoms in total. The number of morpholine rings is 1. The molecular formula is C18H28N4O3. The molecule has 1 aromatic rings. The van der Waals surface area contributed by atoms with Crippen molar-refractivity contribution >= 4 is 11.7 Å². The van der Waals surface area contributed by atoms with Gasteiger partial charge in [-0.1, -0.05) is 6.92 Å². The number of aliphatic hydroxyl groups is 1. The number of rotatable bonds is 5. The molecule has 0 aliphatic carbocycles. The number of anilines is 1. The second kappa shape index (κ2) is 8.60. The number of hydrogen-bond donors (Lipinski definition) is 1. The summed E-state index contributed by atoms with van der Waals surface area (Å²) in [6.45, 7) is 8.80. The van der Waals surface area contributed by atoms with Gasteiger partial charge in [0.25, 0.3) is 5.91 Å². The van der Waals surface area contributed by atoms with Gasteiger partial charge in [0.1, 0.15) is 5.82 Å². The van der Waals surface area contributed by atoms with Crippen LogP contribution in [0.2, 0.25) is 0 Å². The zero-order valence-corrected chi connectivity index (χ0v) is 14.9. The van der Waals surface area contributed by atoms with E-state index in [-0.39, 0.29) is 12.0 Å². The summed E-state index contributed by atoms with van der Waals surface area (Å²) in [7, 11) is 0. The summed E-state index contributed by atoms with van der Waals surface area (Å²) in [5.74, 6) is 0.940. The number of aromatic nitrogens is 1. The predicted molar refractivity (Wildman–Crippen MR) is 95.9 cm³/mol. The number of hydrogen-bond acceptors (Lipinski definition) is 6. The average Bonchev–Trinajstić information content (AvgIpc) is 2.69. The van der Waals surface area contributed by atoms with Gasteiger partial charge in [0, 0.05) is 52.0 Å². The van der Waals surface area contributed by atoms with Crippen molar-refractivity contribution in [3.05, 3.63) is 23.9 Å². The van der Waals surface area contributed by atoms with Crippen LogP contribution < -0.4 is 4.90 Å². The van der Waals surface area contributed by atoms with Gasteiger partial charge in [0.15, 0.2) is 0 Å². The third kappa shape index (κ3) is 4.68. The summed E-state index contributed by atoms with van der Waals surface area (Å²) in [6.07, 6.45) is 2.17. The molecule has 25 heavy (non-hydrogen) atoms. The summed E-state index contributed by atoms with van der Waals surface area (Å²) in [6, 6.07) is 3.79. The molecule has 138 valence electrons. The fraction of sp³-hybridized carbons (Fsp3) is 0.667. The minimum Gasteiger partial charge on any atom is -0.392 e. The minimum absolute atomic E-state index is 0.0386. The number of nitrogens with zero attached hydrogens (tertiary/aromatic N) is 4. The van der Waals surface area contributed by atoms with Crippen LogP contribution in [0.5, 0.6) is 0 Å². The standard InChI is InChI=1S/C18H28N4O3/c1-2-16(23)14-20-5-7-22(8-6-20)18(24)15-3-4-17(19-13-15)21-9-11-25-12-10-21/h3-4,13,16,23H,2,5-12,14H2,1H3/t16-/m1/s1. The molecule has 1 amide bonds. The maximum Gasteiger partial charge on any atom is 0.255 e. The SMILES string of the molecule is CC[C@@H](O)CN1CCN(C(=O)c2ccc(N3CCOCC3)nc2)CC1. The topological polar surface area (TPSA) is 69.1 Å². The molecule has 2 saturated heterocycles. The summed E-state index contributed by atoms with van der Waals surface area (Å²) < 4.78 is 5.35. The van der Waals surface area contributed by atoms with Gasteiger partial charge in [0.2, 0.25) is 0 Å². The molecule has 0 bridgehead atoms. The van der Waals surface area contributed by atoms with Crippen LogP contribution in [-0.2, 0) is 4.74 Å². The lowest BCUT2D eigenvalue weighted by Gasteiger charge is -2.35. The fourth-order valence-corrected chi connectivity index (χ4v) is 3.24. The highest BCUT2D eigenvalue weighted by Crippen LogP contribution is 2.15. The quantitative estimate of drug-likeness (QED) is 0.833. The molecule has 2 aliphatic heterocycles. The maximum absolute atomic E-state index is 12.7. The second-order valence-corrected chi connectivity index (χ2v) is 6.66. The number of amides is 1. The Hall–Kier alpha value is -1.70. The first-order chi connectivity index (χ1) is 12.2. The van der Waals surface area contributed by atoms with Gasteiger partial charge < -0.3 is 19.6 Å². The van der Waals surface area contributed by atoms with Crippen molar-refractivity contribution in [3.63, 3.8) is 0 Å². The Labute approximate surface area is 149 Å². The first kappa shape index (κ1) is 18.1. The fourth-order valence-electron chi connectivity index (χ4n) is 3.24. The van der Waals surface area contributed by atoms with Gasteiger partial charge >= 0.3 is 0 Å². The Balaban J connectivity index is 1.53. The molecule has 0 radical (unpaired) electrons. The van der Waals surface area contributed by atoms with Gasteiger partial charge in [-0.3, -0.25) is 9.69 Å². The van der Waals surface area contributed by atoms with E-state index in [1.807, 2.05) is 24.0 Å². The highest BCUT2D eigenvalue weighted by molar-refractivity contribution is 5.94. The molecule has 2 aliphatic rings. The third-order valence-corrected chi connectivity index (χ3v) is 4.93. The molecule has 0 aromatic carbocycles. The predicted octanol–water partition coefficient (Wildman–Crippen LogP) is 0.447. The molecule has 0 saturated carbocycles. The molecule has 0 unspecified atom stereocenters. The van der Waals surface area contributed by atoms with Crippen molar-refractivity contribution in [2.75, 3.05) is 63.9 Å². The van der Waals surface area contributed by atoms with Crippen LogP contribution in [0.15, 0.2) is 18.3 Å². The molecule has 3 rings (SSSR count). The Kier molecular flexibility index (Phi) is 6.23. The Morgan fingerprint density at radius 2 is 1.92 bits per heavy atom. The Morgan fingerprint density at radius 3 is 2.52 bits per heavy atom. The van der Waals surface area contributed by atoms with E-state index in [0.717, 1.165) is 51.6 Å². The second-order valence-electron chi connectivity index (χ2n) is 6.66. The summed E-state index contributed by atoms with van der Waals surface area (Å²) in [4.78, 5) is 23.4. The van der Waals surface area contributed by atoms with E-state index in [0.29, 0.717) is 25.2 Å². The van der Waals surface area contributed by atoms with E-state index in [1.165, 1.54) is 0 Å². The molecule has 2 fully saturated rings. The number of carbonyl (C=O) groups is 1. The summed E-state index contributed by atoms with van der Waals surface area (Å²) >= 11 is 0. The van der Waals surface area contributed by atoms with Crippen molar-refractivity contribution in [1.29, 1.82) is 0 Å². The van der Waals surface area contributed by atoms with Crippen LogP contribution in [0, 0.1) is 0 Å². The number of β-amino-alcohol motifs (C(OH)–C–C–N with tert-alkyl or cyclic N) is 1. The van der Waals surface area contributed by atoms with E-state index in [2.05, 4.69) is 14.8 Å². The minimum atomic E-state index is -0.279. The molecule has 7 heteroatoms. The molecule has 1 N–H and O–H groups in total. The maximum atomic E-state index is 12.7. The number of carbonyl (C=O) groups excluding carboxylic acids is 1. The van der Waals surface area contributed by atoms with Gasteiger partial charge in [-0.15, -0.1) is 0 Å².